The predicted molar refractivity (Wildman–Crippen MR) is 104 cm³/mol. The number of hydrogen-bond donors (Lipinski definition) is 1. The van der Waals surface area contributed by atoms with Crippen molar-refractivity contribution < 1.29 is 4.79 Å². The van der Waals surface area contributed by atoms with Gasteiger partial charge in [0, 0.05) is 57.6 Å². The number of nitrogens with zero attached hydrogens (tertiary/aromatic N) is 4. The molecule has 6 heteroatoms. The first-order chi connectivity index (χ1) is 13.3. The van der Waals surface area contributed by atoms with E-state index in [1.165, 1.54) is 32.1 Å². The van der Waals surface area contributed by atoms with Gasteiger partial charge in [0.25, 0.3) is 0 Å². The molecule has 1 aliphatic heterocycles. The van der Waals surface area contributed by atoms with Crippen molar-refractivity contribution in [2.45, 2.75) is 32.1 Å². The Hall–Kier alpha value is -1.69. The van der Waals surface area contributed by atoms with Gasteiger partial charge in [-0.2, -0.15) is 0 Å². The summed E-state index contributed by atoms with van der Waals surface area (Å²) in [7, 11) is 0. The zero-order chi connectivity index (χ0) is 18.2. The van der Waals surface area contributed by atoms with Crippen LogP contribution < -0.4 is 10.2 Å². The van der Waals surface area contributed by atoms with Crippen molar-refractivity contribution in [3.05, 3.63) is 18.5 Å². The highest BCUT2D eigenvalue weighted by Gasteiger charge is 2.50. The van der Waals surface area contributed by atoms with Crippen LogP contribution in [0.4, 0.5) is 5.95 Å². The van der Waals surface area contributed by atoms with Crippen LogP contribution in [0, 0.1) is 29.6 Å². The lowest BCUT2D eigenvalue weighted by Crippen LogP contribution is -2.52. The van der Waals surface area contributed by atoms with Gasteiger partial charge in [-0.25, -0.2) is 9.97 Å². The number of amides is 1. The van der Waals surface area contributed by atoms with Crippen LogP contribution in [0.3, 0.4) is 0 Å². The Balaban J connectivity index is 1.06. The van der Waals surface area contributed by atoms with E-state index in [-0.39, 0.29) is 0 Å². The van der Waals surface area contributed by atoms with Crippen molar-refractivity contribution in [3.8, 4) is 0 Å². The van der Waals surface area contributed by atoms with E-state index < -0.39 is 0 Å². The maximum atomic E-state index is 12.9. The molecule has 0 radical (unpaired) electrons. The largest absolute Gasteiger partial charge is 0.355 e. The van der Waals surface area contributed by atoms with Crippen molar-refractivity contribution >= 4 is 11.9 Å². The number of carbonyl (C=O) groups is 1. The Morgan fingerprint density at radius 2 is 1.59 bits per heavy atom. The number of aromatic nitrogens is 2. The Kier molecular flexibility index (Phi) is 4.76. The molecule has 27 heavy (non-hydrogen) atoms. The van der Waals surface area contributed by atoms with E-state index >= 15 is 0 Å². The number of carbonyl (C=O) groups excluding carboxylic acids is 1. The Bertz CT molecular complexity index is 630. The Morgan fingerprint density at radius 3 is 2.22 bits per heavy atom. The number of piperazine rings is 1. The molecule has 146 valence electrons. The third-order valence-electron chi connectivity index (χ3n) is 7.46. The molecular formula is C21H31N5O. The van der Waals surface area contributed by atoms with Crippen molar-refractivity contribution in [3.63, 3.8) is 0 Å². The van der Waals surface area contributed by atoms with Crippen LogP contribution in [0.15, 0.2) is 18.5 Å². The number of nitrogens with one attached hydrogen (secondary N) is 1. The lowest BCUT2D eigenvalue weighted by molar-refractivity contribution is -0.138. The van der Waals surface area contributed by atoms with Crippen LogP contribution in [0.1, 0.15) is 32.1 Å². The topological polar surface area (TPSA) is 61.4 Å². The second-order valence-electron chi connectivity index (χ2n) is 9.13. The van der Waals surface area contributed by atoms with Crippen LogP contribution in [0.2, 0.25) is 0 Å². The fourth-order valence-electron chi connectivity index (χ4n) is 6.43. The van der Waals surface area contributed by atoms with Crippen molar-refractivity contribution in [2.75, 3.05) is 44.2 Å². The summed E-state index contributed by atoms with van der Waals surface area (Å²) in [4.78, 5) is 26.2. The predicted octanol–water partition coefficient (Wildman–Crippen LogP) is 1.79. The molecule has 1 saturated heterocycles. The van der Waals surface area contributed by atoms with Crippen LogP contribution in [-0.4, -0.2) is 60.0 Å². The zero-order valence-corrected chi connectivity index (χ0v) is 16.1. The molecule has 4 aliphatic carbocycles. The zero-order valence-electron chi connectivity index (χ0n) is 16.1. The smallest absolute Gasteiger partial charge is 0.225 e. The van der Waals surface area contributed by atoms with Crippen LogP contribution in [0.25, 0.3) is 0 Å². The molecule has 1 aromatic rings. The van der Waals surface area contributed by atoms with Gasteiger partial charge >= 0.3 is 0 Å². The van der Waals surface area contributed by atoms with Crippen LogP contribution >= 0.6 is 0 Å². The standard InChI is InChI=1S/C21H31N5O/c27-20(19-17-11-15-10-16(13-17)14-18(19)12-15)22-4-5-25-6-8-26(9-7-25)21-23-2-1-3-24-21/h1-3,15-19H,4-14H2,(H,22,27). The Labute approximate surface area is 161 Å². The summed E-state index contributed by atoms with van der Waals surface area (Å²) in [5.74, 6) is 4.70. The second-order valence-corrected chi connectivity index (χ2v) is 9.13. The minimum atomic E-state index is 0.310. The highest BCUT2D eigenvalue weighted by Crippen LogP contribution is 2.56. The number of anilines is 1. The molecule has 4 saturated carbocycles. The molecule has 1 aromatic heterocycles. The second kappa shape index (κ2) is 7.38. The van der Waals surface area contributed by atoms with Gasteiger partial charge in [-0.3, -0.25) is 9.69 Å². The summed E-state index contributed by atoms with van der Waals surface area (Å²) >= 11 is 0. The molecule has 1 N–H and O–H groups in total. The van der Waals surface area contributed by atoms with Crippen LogP contribution in [0.5, 0.6) is 0 Å². The van der Waals surface area contributed by atoms with Gasteiger partial charge in [0.1, 0.15) is 0 Å². The van der Waals surface area contributed by atoms with E-state index in [1.807, 2.05) is 6.07 Å². The molecular weight excluding hydrogens is 338 g/mol. The number of rotatable bonds is 5. The van der Waals surface area contributed by atoms with E-state index in [4.69, 9.17) is 0 Å². The molecule has 0 unspecified atom stereocenters. The SMILES string of the molecule is O=C(NCCN1CCN(c2ncccn2)CC1)C1C2CC3CC(C2)CC1C3. The van der Waals surface area contributed by atoms with Gasteiger partial charge < -0.3 is 10.2 Å². The van der Waals surface area contributed by atoms with E-state index in [0.717, 1.165) is 57.1 Å². The Morgan fingerprint density at radius 1 is 0.963 bits per heavy atom. The van der Waals surface area contributed by atoms with Gasteiger partial charge in [0.05, 0.1) is 0 Å². The molecule has 0 atom stereocenters. The summed E-state index contributed by atoms with van der Waals surface area (Å²) in [6.45, 7) is 5.64. The molecule has 5 fully saturated rings. The monoisotopic (exact) mass is 369 g/mol. The quantitative estimate of drug-likeness (QED) is 0.857. The van der Waals surface area contributed by atoms with Gasteiger partial charge in [0.2, 0.25) is 11.9 Å². The summed E-state index contributed by atoms with van der Waals surface area (Å²) in [5, 5.41) is 3.28. The molecule has 0 aromatic carbocycles. The van der Waals surface area contributed by atoms with Crippen molar-refractivity contribution in [1.29, 1.82) is 0 Å². The number of hydrogen-bond acceptors (Lipinski definition) is 5. The molecule has 4 bridgehead atoms. The fraction of sp³-hybridized carbons (Fsp3) is 0.762. The lowest BCUT2D eigenvalue weighted by Gasteiger charge is -2.53. The van der Waals surface area contributed by atoms with Crippen molar-refractivity contribution in [1.82, 2.24) is 20.2 Å². The summed E-state index contributed by atoms with van der Waals surface area (Å²) < 4.78 is 0. The molecule has 6 rings (SSSR count). The molecule has 1 amide bonds. The first kappa shape index (κ1) is 17.4. The molecule has 6 nitrogen and oxygen atoms in total. The van der Waals surface area contributed by atoms with Gasteiger partial charge in [-0.15, -0.1) is 0 Å². The first-order valence-corrected chi connectivity index (χ1v) is 10.8. The van der Waals surface area contributed by atoms with E-state index in [9.17, 15) is 4.79 Å². The third-order valence-corrected chi connectivity index (χ3v) is 7.46. The summed E-state index contributed by atoms with van der Waals surface area (Å²) in [6, 6.07) is 1.85. The lowest BCUT2D eigenvalue weighted by atomic mass is 9.51. The maximum Gasteiger partial charge on any atom is 0.225 e. The van der Waals surface area contributed by atoms with Gasteiger partial charge in [0.15, 0.2) is 0 Å². The van der Waals surface area contributed by atoms with E-state index in [1.54, 1.807) is 12.4 Å². The molecule has 5 aliphatic rings. The van der Waals surface area contributed by atoms with Gasteiger partial charge in [-0.05, 0) is 61.8 Å². The minimum Gasteiger partial charge on any atom is -0.355 e. The molecule has 0 spiro atoms. The van der Waals surface area contributed by atoms with E-state index in [2.05, 4.69) is 25.1 Å². The highest BCUT2D eigenvalue weighted by molar-refractivity contribution is 5.79. The molecule has 2 heterocycles. The normalized spacial score (nSPS) is 35.4. The summed E-state index contributed by atoms with van der Waals surface area (Å²) in [5.41, 5.74) is 0. The van der Waals surface area contributed by atoms with Gasteiger partial charge in [-0.1, -0.05) is 0 Å². The minimum absolute atomic E-state index is 0.310. The maximum absolute atomic E-state index is 12.9. The fourth-order valence-corrected chi connectivity index (χ4v) is 6.43. The van der Waals surface area contributed by atoms with Crippen LogP contribution in [-0.2, 0) is 4.79 Å². The first-order valence-electron chi connectivity index (χ1n) is 10.8. The summed E-state index contributed by atoms with van der Waals surface area (Å²) in [6.07, 6.45) is 10.3. The average molecular weight is 370 g/mol. The average Bonchev–Trinajstić information content (AvgIpc) is 2.68. The van der Waals surface area contributed by atoms with Crippen molar-refractivity contribution in [2.24, 2.45) is 29.6 Å². The third kappa shape index (κ3) is 3.56. The highest BCUT2D eigenvalue weighted by atomic mass is 16.1. The van der Waals surface area contributed by atoms with E-state index in [0.29, 0.717) is 23.7 Å².